The summed E-state index contributed by atoms with van der Waals surface area (Å²) in [6.07, 6.45) is -1.07. The molecule has 0 spiro atoms. The zero-order valence-corrected chi connectivity index (χ0v) is 13.2. The van der Waals surface area contributed by atoms with Crippen LogP contribution in [0.3, 0.4) is 0 Å². The third-order valence-electron chi connectivity index (χ3n) is 2.95. The van der Waals surface area contributed by atoms with Crippen LogP contribution in [0.2, 0.25) is 5.02 Å². The molecule has 0 saturated heterocycles. The van der Waals surface area contributed by atoms with Crippen molar-refractivity contribution in [3.63, 3.8) is 0 Å². The van der Waals surface area contributed by atoms with E-state index in [0.29, 0.717) is 4.80 Å². The van der Waals surface area contributed by atoms with E-state index in [4.69, 9.17) is 11.6 Å². The molecule has 0 aliphatic rings. The minimum absolute atomic E-state index is 0.0875. The molecule has 0 unspecified atom stereocenters. The fourth-order valence-electron chi connectivity index (χ4n) is 1.87. The normalized spacial score (nSPS) is 12.0. The van der Waals surface area contributed by atoms with Crippen molar-refractivity contribution in [1.82, 2.24) is 35.0 Å². The molecule has 3 aromatic rings. The van der Waals surface area contributed by atoms with E-state index in [2.05, 4.69) is 25.5 Å². The molecule has 0 bridgehead atoms. The van der Waals surface area contributed by atoms with Gasteiger partial charge in [0.25, 0.3) is 5.82 Å². The number of carboxylic acids is 1. The van der Waals surface area contributed by atoms with E-state index >= 15 is 0 Å². The summed E-state index contributed by atoms with van der Waals surface area (Å²) in [5.74, 6) is -2.61. The number of nitrogens with zero attached hydrogens (tertiary/aromatic N) is 7. The Bertz CT molecular complexity index is 996. The van der Waals surface area contributed by atoms with E-state index in [1.54, 1.807) is 6.07 Å². The summed E-state index contributed by atoms with van der Waals surface area (Å²) in [6.45, 7) is 0. The molecule has 3 heterocycles. The molecule has 26 heavy (non-hydrogen) atoms. The number of aromatic carboxylic acids is 1. The molecule has 0 fully saturated rings. The Morgan fingerprint density at radius 2 is 2.08 bits per heavy atom. The average Bonchev–Trinajstić information content (AvgIpc) is 3.20. The van der Waals surface area contributed by atoms with E-state index in [0.717, 1.165) is 10.9 Å². The monoisotopic (exact) mass is 385 g/mol. The van der Waals surface area contributed by atoms with Gasteiger partial charge in [-0.1, -0.05) is 11.6 Å². The van der Waals surface area contributed by atoms with Crippen molar-refractivity contribution in [2.24, 2.45) is 0 Å². The molecule has 0 aliphatic carbocycles. The van der Waals surface area contributed by atoms with Gasteiger partial charge in [-0.05, 0) is 29.5 Å². The Labute approximate surface area is 147 Å². The zero-order valence-electron chi connectivity index (χ0n) is 12.5. The van der Waals surface area contributed by atoms with Crippen LogP contribution in [0, 0.1) is 0 Å². The predicted molar refractivity (Wildman–Crippen MR) is 81.4 cm³/mol. The molecular formula is C13H7ClF3N7O2. The largest absolute Gasteiger partial charge is 0.477 e. The van der Waals surface area contributed by atoms with Gasteiger partial charge >= 0.3 is 12.1 Å². The van der Waals surface area contributed by atoms with Crippen LogP contribution in [0.15, 0.2) is 24.4 Å². The SMILES string of the molecule is O=C(O)c1cc(C=Cn2nnc(C(F)(F)F)n2)nn1-c1ncccc1Cl. The first-order valence-electron chi connectivity index (χ1n) is 6.75. The maximum absolute atomic E-state index is 12.4. The Balaban J connectivity index is 1.94. The smallest absolute Gasteiger partial charge is 0.455 e. The van der Waals surface area contributed by atoms with Crippen molar-refractivity contribution >= 4 is 29.8 Å². The number of carbonyl (C=O) groups is 1. The molecule has 0 atom stereocenters. The molecule has 0 aliphatic heterocycles. The van der Waals surface area contributed by atoms with Gasteiger partial charge in [0.2, 0.25) is 0 Å². The molecule has 9 nitrogen and oxygen atoms in total. The lowest BCUT2D eigenvalue weighted by Crippen LogP contribution is -2.09. The highest BCUT2D eigenvalue weighted by molar-refractivity contribution is 6.32. The third-order valence-corrected chi connectivity index (χ3v) is 3.24. The highest BCUT2D eigenvalue weighted by Crippen LogP contribution is 2.25. The molecule has 0 radical (unpaired) electrons. The van der Waals surface area contributed by atoms with E-state index in [-0.39, 0.29) is 22.2 Å². The zero-order chi connectivity index (χ0) is 18.9. The van der Waals surface area contributed by atoms with Crippen molar-refractivity contribution < 1.29 is 23.1 Å². The van der Waals surface area contributed by atoms with E-state index in [1.165, 1.54) is 24.4 Å². The van der Waals surface area contributed by atoms with Crippen molar-refractivity contribution in [3.8, 4) is 5.82 Å². The van der Waals surface area contributed by atoms with Crippen molar-refractivity contribution in [2.75, 3.05) is 0 Å². The maximum Gasteiger partial charge on any atom is 0.455 e. The van der Waals surface area contributed by atoms with Crippen LogP contribution in [0.4, 0.5) is 13.2 Å². The third kappa shape index (κ3) is 3.54. The van der Waals surface area contributed by atoms with Gasteiger partial charge in [-0.3, -0.25) is 0 Å². The van der Waals surface area contributed by atoms with Gasteiger partial charge in [0.1, 0.15) is 0 Å². The van der Waals surface area contributed by atoms with Crippen LogP contribution in [0.5, 0.6) is 0 Å². The lowest BCUT2D eigenvalue weighted by molar-refractivity contribution is -0.145. The standard InChI is InChI=1S/C13H7ClF3N7O2/c14-8-2-1-4-18-10(8)24-9(11(25)26)6-7(20-24)3-5-23-21-12(19-22-23)13(15,16)17/h1-6H,(H,25,26). The highest BCUT2D eigenvalue weighted by atomic mass is 35.5. The summed E-state index contributed by atoms with van der Waals surface area (Å²) in [5.41, 5.74) is -0.136. The van der Waals surface area contributed by atoms with Crippen molar-refractivity contribution in [3.05, 3.63) is 46.6 Å². The number of tetrazole rings is 1. The second-order valence-corrected chi connectivity index (χ2v) is 5.13. The molecule has 1 N–H and O–H groups in total. The Morgan fingerprint density at radius 1 is 1.31 bits per heavy atom. The number of pyridine rings is 1. The summed E-state index contributed by atoms with van der Waals surface area (Å²) < 4.78 is 38.3. The van der Waals surface area contributed by atoms with Gasteiger partial charge in [0.15, 0.2) is 11.5 Å². The lowest BCUT2D eigenvalue weighted by atomic mass is 10.3. The number of hydrogen-bond donors (Lipinski definition) is 1. The molecular weight excluding hydrogens is 379 g/mol. The van der Waals surface area contributed by atoms with Crippen LogP contribution >= 0.6 is 11.6 Å². The lowest BCUT2D eigenvalue weighted by Gasteiger charge is -2.04. The second-order valence-electron chi connectivity index (χ2n) is 4.73. The fraction of sp³-hybridized carbons (Fsp3) is 0.0769. The molecule has 0 saturated carbocycles. The molecule has 3 aromatic heterocycles. The summed E-state index contributed by atoms with van der Waals surface area (Å²) in [7, 11) is 0. The Hall–Kier alpha value is -3.28. The summed E-state index contributed by atoms with van der Waals surface area (Å²) in [5, 5.41) is 22.7. The van der Waals surface area contributed by atoms with Crippen LogP contribution < -0.4 is 0 Å². The summed E-state index contributed by atoms with van der Waals surface area (Å²) in [4.78, 5) is 15.9. The van der Waals surface area contributed by atoms with E-state index in [9.17, 15) is 23.1 Å². The number of rotatable bonds is 4. The first kappa shape index (κ1) is 17.5. The number of aromatic nitrogens is 7. The van der Waals surface area contributed by atoms with Gasteiger partial charge in [-0.15, -0.1) is 15.0 Å². The number of halogens is 4. The first-order valence-corrected chi connectivity index (χ1v) is 7.12. The van der Waals surface area contributed by atoms with Crippen LogP contribution in [-0.2, 0) is 6.18 Å². The first-order chi connectivity index (χ1) is 12.3. The van der Waals surface area contributed by atoms with Crippen LogP contribution in [0.25, 0.3) is 18.1 Å². The van der Waals surface area contributed by atoms with Gasteiger partial charge in [-0.2, -0.15) is 18.3 Å². The minimum Gasteiger partial charge on any atom is -0.477 e. The molecule has 3 rings (SSSR count). The Kier molecular flexibility index (Phi) is 4.42. The van der Waals surface area contributed by atoms with Gasteiger partial charge < -0.3 is 5.11 Å². The second kappa shape index (κ2) is 6.55. The average molecular weight is 386 g/mol. The van der Waals surface area contributed by atoms with Gasteiger partial charge in [0.05, 0.1) is 16.9 Å². The van der Waals surface area contributed by atoms with Crippen molar-refractivity contribution in [2.45, 2.75) is 6.18 Å². The van der Waals surface area contributed by atoms with Crippen molar-refractivity contribution in [1.29, 1.82) is 0 Å². The quantitative estimate of drug-likeness (QED) is 0.733. The van der Waals surface area contributed by atoms with E-state index < -0.39 is 18.0 Å². The molecule has 134 valence electrons. The van der Waals surface area contributed by atoms with Gasteiger partial charge in [0, 0.05) is 6.20 Å². The predicted octanol–water partition coefficient (Wildman–Crippen LogP) is 2.25. The van der Waals surface area contributed by atoms with Gasteiger partial charge in [-0.25, -0.2) is 14.5 Å². The maximum atomic E-state index is 12.4. The minimum atomic E-state index is -4.72. The molecule has 0 amide bonds. The summed E-state index contributed by atoms with van der Waals surface area (Å²) >= 11 is 5.99. The molecule has 0 aromatic carbocycles. The number of alkyl halides is 3. The van der Waals surface area contributed by atoms with Crippen LogP contribution in [0.1, 0.15) is 22.0 Å². The topological polar surface area (TPSA) is 112 Å². The summed E-state index contributed by atoms with van der Waals surface area (Å²) in [6, 6.07) is 4.25. The van der Waals surface area contributed by atoms with Crippen LogP contribution in [-0.4, -0.2) is 46.0 Å². The Morgan fingerprint density at radius 3 is 2.69 bits per heavy atom. The highest BCUT2D eigenvalue weighted by Gasteiger charge is 2.36. The number of carboxylic acid groups (broad SMARTS) is 1. The molecule has 13 heteroatoms. The number of hydrogen-bond acceptors (Lipinski definition) is 6. The van der Waals surface area contributed by atoms with E-state index in [1.807, 2.05) is 0 Å². The fourth-order valence-corrected chi connectivity index (χ4v) is 2.07.